The van der Waals surface area contributed by atoms with Crippen LogP contribution in [0.5, 0.6) is 0 Å². The largest absolute Gasteiger partial charge is 0.295 e. The van der Waals surface area contributed by atoms with Crippen molar-refractivity contribution >= 4 is 22.6 Å². The van der Waals surface area contributed by atoms with Gasteiger partial charge in [0, 0.05) is 18.0 Å². The summed E-state index contributed by atoms with van der Waals surface area (Å²) in [6, 6.07) is 0.846. The lowest BCUT2D eigenvalue weighted by atomic mass is 9.56. The highest BCUT2D eigenvalue weighted by Gasteiger charge is 2.53. The Bertz CT molecular complexity index is 562. The highest BCUT2D eigenvalue weighted by Crippen LogP contribution is 2.56. The topological polar surface area (TPSA) is 3.24 Å². The smallest absolute Gasteiger partial charge is 0.0721 e. The molecule has 1 saturated heterocycles. The van der Waals surface area contributed by atoms with E-state index in [1.165, 1.54) is 77.2 Å². The number of hydrogen-bond acceptors (Lipinski definition) is 1. The van der Waals surface area contributed by atoms with E-state index in [0.717, 1.165) is 23.8 Å². The van der Waals surface area contributed by atoms with Gasteiger partial charge in [-0.3, -0.25) is 4.90 Å². The van der Waals surface area contributed by atoms with Gasteiger partial charge in [-0.05, 0) is 94.4 Å². The highest BCUT2D eigenvalue weighted by atomic mass is 127. The molecule has 0 N–H and O–H groups in total. The standard InChI is InChI=1S/C24H38IN/c1-4-12-23(2)16-24(3,17-23)26-13-6-8-21(26)15-19-14-20(25)7-5-9-22(19)18-10-11-18/h18-22H,4,6,8-17H2,1-3H3/t19?,20?,21?,22-,23?,24?/m1/s1. The van der Waals surface area contributed by atoms with E-state index in [-0.39, 0.29) is 0 Å². The van der Waals surface area contributed by atoms with Gasteiger partial charge in [-0.15, -0.1) is 5.92 Å². The van der Waals surface area contributed by atoms with Gasteiger partial charge in [0.2, 0.25) is 0 Å². The van der Waals surface area contributed by atoms with Crippen LogP contribution < -0.4 is 0 Å². The van der Waals surface area contributed by atoms with E-state index in [4.69, 9.17) is 0 Å². The highest BCUT2D eigenvalue weighted by molar-refractivity contribution is 14.1. The quantitative estimate of drug-likeness (QED) is 0.247. The first-order chi connectivity index (χ1) is 12.4. The van der Waals surface area contributed by atoms with Crippen molar-refractivity contribution in [3.63, 3.8) is 0 Å². The van der Waals surface area contributed by atoms with Crippen LogP contribution in [0.25, 0.3) is 0 Å². The Morgan fingerprint density at radius 1 is 1.15 bits per heavy atom. The molecule has 4 rings (SSSR count). The summed E-state index contributed by atoms with van der Waals surface area (Å²) in [7, 11) is 0. The second kappa shape index (κ2) is 7.58. The molecule has 0 aromatic carbocycles. The van der Waals surface area contributed by atoms with E-state index in [1.807, 2.05) is 0 Å². The molecule has 3 unspecified atom stereocenters. The summed E-state index contributed by atoms with van der Waals surface area (Å²) in [4.78, 5) is 2.97. The molecule has 26 heavy (non-hydrogen) atoms. The molecule has 1 aliphatic heterocycles. The molecule has 1 heterocycles. The van der Waals surface area contributed by atoms with Crippen molar-refractivity contribution in [2.75, 3.05) is 6.54 Å². The summed E-state index contributed by atoms with van der Waals surface area (Å²) in [5, 5.41) is 0. The molecule has 1 nitrogen and oxygen atoms in total. The lowest BCUT2D eigenvalue weighted by molar-refractivity contribution is -0.0795. The minimum Gasteiger partial charge on any atom is -0.295 e. The molecule has 4 aliphatic rings. The predicted octanol–water partition coefficient (Wildman–Crippen LogP) is 6.44. The minimum atomic E-state index is 0.491. The lowest BCUT2D eigenvalue weighted by Crippen LogP contribution is -2.60. The van der Waals surface area contributed by atoms with Gasteiger partial charge in [-0.25, -0.2) is 0 Å². The Kier molecular flexibility index (Phi) is 5.71. The van der Waals surface area contributed by atoms with Crippen LogP contribution in [0.15, 0.2) is 0 Å². The van der Waals surface area contributed by atoms with E-state index in [2.05, 4.69) is 60.1 Å². The van der Waals surface area contributed by atoms with Crippen LogP contribution in [0.1, 0.15) is 91.4 Å². The van der Waals surface area contributed by atoms with E-state index < -0.39 is 0 Å². The maximum Gasteiger partial charge on any atom is 0.0721 e. The molecule has 0 amide bonds. The zero-order valence-corrected chi connectivity index (χ0v) is 19.4. The summed E-state index contributed by atoms with van der Waals surface area (Å²) in [6.07, 6.45) is 15.4. The summed E-state index contributed by atoms with van der Waals surface area (Å²) in [5.74, 6) is 9.89. The van der Waals surface area contributed by atoms with Crippen molar-refractivity contribution in [1.82, 2.24) is 4.90 Å². The van der Waals surface area contributed by atoms with Gasteiger partial charge in [0.15, 0.2) is 0 Å². The average Bonchev–Trinajstić information content (AvgIpc) is 3.29. The number of hydrogen-bond donors (Lipinski definition) is 0. The van der Waals surface area contributed by atoms with Gasteiger partial charge in [0.1, 0.15) is 0 Å². The Labute approximate surface area is 175 Å². The van der Waals surface area contributed by atoms with Crippen LogP contribution >= 0.6 is 22.6 Å². The number of halogens is 1. The maximum atomic E-state index is 3.54. The molecule has 2 saturated carbocycles. The fourth-order valence-corrected chi connectivity index (χ4v) is 8.09. The molecular weight excluding hydrogens is 429 g/mol. The number of nitrogens with zero attached hydrogens (tertiary/aromatic N) is 1. The molecular formula is C24H38IN. The second-order valence-corrected chi connectivity index (χ2v) is 12.1. The Balaban J connectivity index is 1.42. The molecule has 4 atom stereocenters. The Morgan fingerprint density at radius 2 is 1.92 bits per heavy atom. The first-order valence-corrected chi connectivity index (χ1v) is 12.6. The minimum absolute atomic E-state index is 0.491. The van der Waals surface area contributed by atoms with E-state index in [1.54, 1.807) is 0 Å². The lowest BCUT2D eigenvalue weighted by Gasteiger charge is -2.59. The van der Waals surface area contributed by atoms with Crippen LogP contribution in [0.2, 0.25) is 0 Å². The molecule has 3 aliphatic carbocycles. The van der Waals surface area contributed by atoms with Gasteiger partial charge in [-0.1, -0.05) is 48.8 Å². The van der Waals surface area contributed by atoms with Gasteiger partial charge in [0.25, 0.3) is 0 Å². The van der Waals surface area contributed by atoms with Gasteiger partial charge in [0.05, 0.1) is 3.92 Å². The summed E-state index contributed by atoms with van der Waals surface area (Å²) in [6.45, 7) is 8.83. The molecule has 3 fully saturated rings. The second-order valence-electron chi connectivity index (χ2n) is 10.6. The van der Waals surface area contributed by atoms with Crippen molar-refractivity contribution in [3.05, 3.63) is 0 Å². The van der Waals surface area contributed by atoms with Crippen molar-refractivity contribution in [2.24, 2.45) is 23.2 Å². The van der Waals surface area contributed by atoms with E-state index in [0.29, 0.717) is 14.9 Å². The van der Waals surface area contributed by atoms with Crippen LogP contribution in [-0.2, 0) is 0 Å². The van der Waals surface area contributed by atoms with Crippen molar-refractivity contribution in [2.45, 2.75) is 107 Å². The van der Waals surface area contributed by atoms with Crippen LogP contribution in [0.3, 0.4) is 0 Å². The fraction of sp³-hybridized carbons (Fsp3) is 0.917. The SMILES string of the molecule is CCCC1(C)CC(C)(N2CCCC2CC2CC(I)C#CC[C@@H]2C2CC2)C1. The maximum absolute atomic E-state index is 3.54. The third kappa shape index (κ3) is 4.00. The Hall–Kier alpha value is 0.250. The normalized spacial score (nSPS) is 46.3. The molecule has 0 spiro atoms. The summed E-state index contributed by atoms with van der Waals surface area (Å²) < 4.78 is 0.586. The predicted molar refractivity (Wildman–Crippen MR) is 120 cm³/mol. The third-order valence-corrected chi connectivity index (χ3v) is 8.87. The molecule has 0 aromatic rings. The average molecular weight is 467 g/mol. The fourth-order valence-electron chi connectivity index (χ4n) is 7.21. The first-order valence-electron chi connectivity index (χ1n) is 11.3. The van der Waals surface area contributed by atoms with Crippen molar-refractivity contribution in [1.29, 1.82) is 0 Å². The van der Waals surface area contributed by atoms with Crippen LogP contribution in [0.4, 0.5) is 0 Å². The summed E-state index contributed by atoms with van der Waals surface area (Å²) in [5.41, 5.74) is 1.11. The van der Waals surface area contributed by atoms with Crippen LogP contribution in [0, 0.1) is 35.0 Å². The van der Waals surface area contributed by atoms with Crippen molar-refractivity contribution < 1.29 is 0 Å². The van der Waals surface area contributed by atoms with Crippen molar-refractivity contribution in [3.8, 4) is 11.8 Å². The molecule has 2 heteroatoms. The number of alkyl halides is 1. The van der Waals surface area contributed by atoms with E-state index in [9.17, 15) is 0 Å². The zero-order valence-electron chi connectivity index (χ0n) is 17.2. The molecule has 0 bridgehead atoms. The Morgan fingerprint density at radius 3 is 2.62 bits per heavy atom. The van der Waals surface area contributed by atoms with Crippen LogP contribution in [-0.4, -0.2) is 27.0 Å². The first kappa shape index (κ1) is 19.6. The molecule has 0 radical (unpaired) electrons. The third-order valence-electron chi connectivity index (χ3n) is 8.05. The van der Waals surface area contributed by atoms with E-state index >= 15 is 0 Å². The molecule has 0 aromatic heterocycles. The van der Waals surface area contributed by atoms with Gasteiger partial charge < -0.3 is 0 Å². The van der Waals surface area contributed by atoms with Gasteiger partial charge in [-0.2, -0.15) is 0 Å². The van der Waals surface area contributed by atoms with Gasteiger partial charge >= 0.3 is 0 Å². The zero-order chi connectivity index (χ0) is 18.4. The monoisotopic (exact) mass is 467 g/mol. The number of rotatable bonds is 6. The number of likely N-dealkylation sites (tertiary alicyclic amines) is 1. The molecule has 146 valence electrons. The summed E-state index contributed by atoms with van der Waals surface area (Å²) >= 11 is 2.60.